The van der Waals surface area contributed by atoms with E-state index < -0.39 is 0 Å². The summed E-state index contributed by atoms with van der Waals surface area (Å²) in [6, 6.07) is 0.971. The Morgan fingerprint density at radius 2 is 1.86 bits per heavy atom. The van der Waals surface area contributed by atoms with E-state index in [9.17, 15) is 4.79 Å². The van der Waals surface area contributed by atoms with Gasteiger partial charge in [0.15, 0.2) is 0 Å². The molecule has 2 aliphatic rings. The number of amides is 1. The number of hydrogen-bond donors (Lipinski definition) is 2. The number of nitrogens with one attached hydrogen (secondary N) is 2. The Balaban J connectivity index is 0.00000220. The lowest BCUT2D eigenvalue weighted by Crippen LogP contribution is -2.46. The molecule has 1 saturated heterocycles. The van der Waals surface area contributed by atoms with Crippen molar-refractivity contribution in [1.82, 2.24) is 10.6 Å². The highest BCUT2D eigenvalue weighted by atomic mass is 35.5. The minimum Gasteiger partial charge on any atom is -0.353 e. The number of halogens is 1. The lowest BCUT2D eigenvalue weighted by Gasteiger charge is -2.40. The second kappa shape index (κ2) is 8.38. The van der Waals surface area contributed by atoms with E-state index in [1.807, 2.05) is 0 Å². The molecule has 1 aliphatic carbocycles. The van der Waals surface area contributed by atoms with Crippen LogP contribution in [0.1, 0.15) is 72.1 Å². The van der Waals surface area contributed by atoms with Gasteiger partial charge < -0.3 is 10.6 Å². The van der Waals surface area contributed by atoms with E-state index in [0.717, 1.165) is 19.4 Å². The van der Waals surface area contributed by atoms with Crippen LogP contribution in [0.25, 0.3) is 0 Å². The third kappa shape index (κ3) is 5.78. The van der Waals surface area contributed by atoms with Gasteiger partial charge in [-0.2, -0.15) is 0 Å². The highest BCUT2D eigenvalue weighted by Gasteiger charge is 2.34. The van der Waals surface area contributed by atoms with Crippen LogP contribution in [-0.2, 0) is 4.79 Å². The monoisotopic (exact) mass is 316 g/mol. The lowest BCUT2D eigenvalue weighted by molar-refractivity contribution is -0.123. The molecular formula is C17H33ClN2O. The van der Waals surface area contributed by atoms with Gasteiger partial charge in [-0.05, 0) is 50.0 Å². The molecule has 0 aromatic heterocycles. The zero-order valence-electron chi connectivity index (χ0n) is 13.9. The van der Waals surface area contributed by atoms with Crippen molar-refractivity contribution < 1.29 is 4.79 Å². The molecule has 1 heterocycles. The van der Waals surface area contributed by atoms with Crippen molar-refractivity contribution in [3.05, 3.63) is 0 Å². The number of carbonyl (C=O) groups is 1. The lowest BCUT2D eigenvalue weighted by atomic mass is 9.69. The van der Waals surface area contributed by atoms with E-state index in [0.29, 0.717) is 29.8 Å². The number of carbonyl (C=O) groups excluding carboxylic acids is 1. The first-order chi connectivity index (χ1) is 9.47. The summed E-state index contributed by atoms with van der Waals surface area (Å²) in [5.41, 5.74) is 0.297. The van der Waals surface area contributed by atoms with E-state index in [1.54, 1.807) is 0 Å². The van der Waals surface area contributed by atoms with Gasteiger partial charge in [0.1, 0.15) is 0 Å². The molecule has 0 aromatic carbocycles. The van der Waals surface area contributed by atoms with Crippen LogP contribution in [0.2, 0.25) is 0 Å². The summed E-state index contributed by atoms with van der Waals surface area (Å²) in [6.45, 7) is 8.06. The quantitative estimate of drug-likeness (QED) is 0.831. The molecule has 1 saturated carbocycles. The van der Waals surface area contributed by atoms with Crippen LogP contribution >= 0.6 is 12.4 Å². The minimum atomic E-state index is 0. The highest BCUT2D eigenvalue weighted by molar-refractivity contribution is 5.85. The summed E-state index contributed by atoms with van der Waals surface area (Å²) in [5.74, 6) is 0.893. The standard InChI is InChI=1S/C17H32N2O.ClH/c1-17(2,3)14-8-4-5-9-15(14)19-16(20)11-10-13-7-6-12-18-13;/h13-15,18H,4-12H2,1-3H3,(H,19,20);1H. The van der Waals surface area contributed by atoms with Crippen molar-refractivity contribution in [3.8, 4) is 0 Å². The zero-order valence-corrected chi connectivity index (χ0v) is 14.7. The fraction of sp³-hybridized carbons (Fsp3) is 0.941. The van der Waals surface area contributed by atoms with Gasteiger partial charge in [0.2, 0.25) is 5.91 Å². The second-order valence-electron chi connectivity index (χ2n) is 7.76. The molecule has 1 aliphatic heterocycles. The van der Waals surface area contributed by atoms with E-state index in [4.69, 9.17) is 0 Å². The van der Waals surface area contributed by atoms with Crippen LogP contribution in [0.5, 0.6) is 0 Å². The minimum absolute atomic E-state index is 0. The largest absolute Gasteiger partial charge is 0.353 e. The first kappa shape index (κ1) is 18.8. The smallest absolute Gasteiger partial charge is 0.220 e. The third-order valence-corrected chi connectivity index (χ3v) is 5.11. The molecule has 3 atom stereocenters. The molecule has 2 rings (SSSR count). The average Bonchev–Trinajstić information content (AvgIpc) is 2.89. The van der Waals surface area contributed by atoms with Crippen LogP contribution in [0.15, 0.2) is 0 Å². The summed E-state index contributed by atoms with van der Waals surface area (Å²) in [7, 11) is 0. The first-order valence-corrected chi connectivity index (χ1v) is 8.49. The zero-order chi connectivity index (χ0) is 14.6. The van der Waals surface area contributed by atoms with Crippen LogP contribution < -0.4 is 10.6 Å². The molecule has 2 fully saturated rings. The SMILES string of the molecule is CC(C)(C)C1CCCCC1NC(=O)CCC1CCCN1.Cl. The Morgan fingerprint density at radius 3 is 2.48 bits per heavy atom. The van der Waals surface area contributed by atoms with Gasteiger partial charge in [-0.3, -0.25) is 4.79 Å². The predicted octanol–water partition coefficient (Wildman–Crippen LogP) is 3.66. The van der Waals surface area contributed by atoms with Gasteiger partial charge in [0.25, 0.3) is 0 Å². The summed E-state index contributed by atoms with van der Waals surface area (Å²) >= 11 is 0. The van der Waals surface area contributed by atoms with E-state index in [1.165, 1.54) is 32.1 Å². The molecule has 0 spiro atoms. The average molecular weight is 317 g/mol. The summed E-state index contributed by atoms with van der Waals surface area (Å²) in [6.07, 6.45) is 9.20. The fourth-order valence-corrected chi connectivity index (χ4v) is 3.93. The Morgan fingerprint density at radius 1 is 1.14 bits per heavy atom. The molecule has 3 unspecified atom stereocenters. The molecule has 3 nitrogen and oxygen atoms in total. The number of rotatable bonds is 4. The van der Waals surface area contributed by atoms with Gasteiger partial charge in [-0.15, -0.1) is 12.4 Å². The van der Waals surface area contributed by atoms with Gasteiger partial charge in [-0.25, -0.2) is 0 Å². The van der Waals surface area contributed by atoms with Gasteiger partial charge in [0.05, 0.1) is 0 Å². The Kier molecular flexibility index (Phi) is 7.49. The van der Waals surface area contributed by atoms with Gasteiger partial charge in [-0.1, -0.05) is 33.6 Å². The first-order valence-electron chi connectivity index (χ1n) is 8.49. The highest BCUT2D eigenvalue weighted by Crippen LogP contribution is 2.38. The number of hydrogen-bond acceptors (Lipinski definition) is 2. The molecule has 124 valence electrons. The molecule has 2 N–H and O–H groups in total. The Bertz CT molecular complexity index is 321. The molecular weight excluding hydrogens is 284 g/mol. The maximum atomic E-state index is 12.2. The van der Waals surface area contributed by atoms with Crippen molar-refractivity contribution in [3.63, 3.8) is 0 Å². The van der Waals surface area contributed by atoms with Crippen LogP contribution in [-0.4, -0.2) is 24.5 Å². The summed E-state index contributed by atoms with van der Waals surface area (Å²) < 4.78 is 0. The normalized spacial score (nSPS) is 29.8. The van der Waals surface area contributed by atoms with Gasteiger partial charge >= 0.3 is 0 Å². The predicted molar refractivity (Wildman–Crippen MR) is 90.9 cm³/mol. The molecule has 0 aromatic rings. The van der Waals surface area contributed by atoms with Crippen molar-refractivity contribution in [2.45, 2.75) is 84.2 Å². The molecule has 0 radical (unpaired) electrons. The van der Waals surface area contributed by atoms with Crippen molar-refractivity contribution >= 4 is 18.3 Å². The van der Waals surface area contributed by atoms with E-state index in [-0.39, 0.29) is 18.3 Å². The van der Waals surface area contributed by atoms with Crippen molar-refractivity contribution in [1.29, 1.82) is 0 Å². The maximum absolute atomic E-state index is 12.2. The van der Waals surface area contributed by atoms with Crippen LogP contribution in [0.4, 0.5) is 0 Å². The Hall–Kier alpha value is -0.280. The topological polar surface area (TPSA) is 41.1 Å². The van der Waals surface area contributed by atoms with E-state index >= 15 is 0 Å². The van der Waals surface area contributed by atoms with Crippen LogP contribution in [0, 0.1) is 11.3 Å². The molecule has 1 amide bonds. The third-order valence-electron chi connectivity index (χ3n) is 5.11. The molecule has 4 heteroatoms. The van der Waals surface area contributed by atoms with Crippen LogP contribution in [0.3, 0.4) is 0 Å². The van der Waals surface area contributed by atoms with Crippen molar-refractivity contribution in [2.75, 3.05) is 6.54 Å². The fourth-order valence-electron chi connectivity index (χ4n) is 3.93. The molecule has 21 heavy (non-hydrogen) atoms. The van der Waals surface area contributed by atoms with Gasteiger partial charge in [0, 0.05) is 18.5 Å². The maximum Gasteiger partial charge on any atom is 0.220 e. The van der Waals surface area contributed by atoms with Crippen molar-refractivity contribution in [2.24, 2.45) is 11.3 Å². The Labute approximate surface area is 136 Å². The molecule has 0 bridgehead atoms. The summed E-state index contributed by atoms with van der Waals surface area (Å²) in [4.78, 5) is 12.2. The van der Waals surface area contributed by atoms with E-state index in [2.05, 4.69) is 31.4 Å². The second-order valence-corrected chi connectivity index (χ2v) is 7.76. The summed E-state index contributed by atoms with van der Waals surface area (Å²) in [5, 5.41) is 6.80.